The normalized spacial score (nSPS) is 10.8. The van der Waals surface area contributed by atoms with Crippen molar-refractivity contribution in [3.8, 4) is 22.5 Å². The molecule has 0 radical (unpaired) electrons. The molecule has 0 aliphatic carbocycles. The molecule has 0 saturated carbocycles. The van der Waals surface area contributed by atoms with Gasteiger partial charge in [0.15, 0.2) is 5.16 Å². The lowest BCUT2D eigenvalue weighted by Crippen LogP contribution is -1.99. The summed E-state index contributed by atoms with van der Waals surface area (Å²) < 4.78 is 0. The quantitative estimate of drug-likeness (QED) is 0.530. The number of hydrogen-bond acceptors (Lipinski definition) is 3. The summed E-state index contributed by atoms with van der Waals surface area (Å²) in [4.78, 5) is 8.26. The summed E-state index contributed by atoms with van der Waals surface area (Å²) in [6.07, 6.45) is 0.993. The number of imidazole rings is 1. The molecule has 0 saturated heterocycles. The summed E-state index contributed by atoms with van der Waals surface area (Å²) in [5, 5.41) is 0.950. The molecule has 1 heterocycles. The smallest absolute Gasteiger partial charge is 0.166 e. The van der Waals surface area contributed by atoms with Crippen LogP contribution in [-0.4, -0.2) is 22.3 Å². The van der Waals surface area contributed by atoms with Crippen LogP contribution < -0.4 is 5.73 Å². The number of hydrogen-bond donors (Lipinski definition) is 2. The van der Waals surface area contributed by atoms with E-state index in [1.165, 1.54) is 0 Å². The lowest BCUT2D eigenvalue weighted by molar-refractivity contribution is 0.937. The molecule has 1 aromatic heterocycles. The summed E-state index contributed by atoms with van der Waals surface area (Å²) >= 11 is 1.72. The van der Waals surface area contributed by atoms with Crippen LogP contribution in [-0.2, 0) is 0 Å². The van der Waals surface area contributed by atoms with Gasteiger partial charge in [0.2, 0.25) is 0 Å². The average Bonchev–Trinajstić information content (AvgIpc) is 3.01. The number of aromatic amines is 1. The molecule has 2 aromatic carbocycles. The van der Waals surface area contributed by atoms with Crippen LogP contribution in [0.2, 0.25) is 0 Å². The number of rotatable bonds is 6. The largest absolute Gasteiger partial charge is 0.332 e. The van der Waals surface area contributed by atoms with E-state index in [0.717, 1.165) is 39.8 Å². The Hall–Kier alpha value is -2.04. The molecule has 0 unspecified atom stereocenters. The maximum absolute atomic E-state index is 5.57. The van der Waals surface area contributed by atoms with Gasteiger partial charge in [0.25, 0.3) is 0 Å². The zero-order chi connectivity index (χ0) is 15.2. The van der Waals surface area contributed by atoms with Crippen molar-refractivity contribution in [2.75, 3.05) is 12.3 Å². The van der Waals surface area contributed by atoms with Gasteiger partial charge in [-0.2, -0.15) is 0 Å². The van der Waals surface area contributed by atoms with E-state index >= 15 is 0 Å². The van der Waals surface area contributed by atoms with Gasteiger partial charge in [0.05, 0.1) is 11.4 Å². The highest BCUT2D eigenvalue weighted by Crippen LogP contribution is 2.32. The first kappa shape index (κ1) is 14.9. The SMILES string of the molecule is NCCCSc1nc(-c2ccccc2)c(-c2ccccc2)[nH]1. The first-order valence-electron chi connectivity index (χ1n) is 7.42. The van der Waals surface area contributed by atoms with Gasteiger partial charge in [-0.1, -0.05) is 72.4 Å². The molecule has 112 valence electrons. The highest BCUT2D eigenvalue weighted by Gasteiger charge is 2.13. The van der Waals surface area contributed by atoms with Gasteiger partial charge in [-0.3, -0.25) is 0 Å². The third-order valence-electron chi connectivity index (χ3n) is 3.38. The predicted octanol–water partition coefficient (Wildman–Crippen LogP) is 4.18. The van der Waals surface area contributed by atoms with Crippen LogP contribution in [0, 0.1) is 0 Å². The van der Waals surface area contributed by atoms with Gasteiger partial charge in [-0.05, 0) is 13.0 Å². The second-order valence-corrected chi connectivity index (χ2v) is 6.07. The van der Waals surface area contributed by atoms with Crippen LogP contribution in [0.3, 0.4) is 0 Å². The van der Waals surface area contributed by atoms with E-state index in [4.69, 9.17) is 10.7 Å². The first-order valence-corrected chi connectivity index (χ1v) is 8.41. The minimum atomic E-state index is 0.713. The summed E-state index contributed by atoms with van der Waals surface area (Å²) in [6, 6.07) is 20.6. The van der Waals surface area contributed by atoms with E-state index in [9.17, 15) is 0 Å². The van der Waals surface area contributed by atoms with Crippen LogP contribution in [0.15, 0.2) is 65.8 Å². The minimum absolute atomic E-state index is 0.713. The fraction of sp³-hybridized carbons (Fsp3) is 0.167. The summed E-state index contributed by atoms with van der Waals surface area (Å²) in [5.41, 5.74) is 9.92. The minimum Gasteiger partial charge on any atom is -0.332 e. The summed E-state index contributed by atoms with van der Waals surface area (Å²) in [5.74, 6) is 0.979. The van der Waals surface area contributed by atoms with E-state index in [1.54, 1.807) is 11.8 Å². The molecule has 0 atom stereocenters. The molecule has 4 heteroatoms. The van der Waals surface area contributed by atoms with Crippen molar-refractivity contribution in [2.24, 2.45) is 5.73 Å². The molecule has 0 fully saturated rings. The van der Waals surface area contributed by atoms with Crippen LogP contribution in [0.4, 0.5) is 0 Å². The topological polar surface area (TPSA) is 54.7 Å². The van der Waals surface area contributed by atoms with Crippen LogP contribution in [0.25, 0.3) is 22.5 Å². The third kappa shape index (κ3) is 3.40. The first-order chi connectivity index (χ1) is 10.9. The second-order valence-electron chi connectivity index (χ2n) is 4.99. The van der Waals surface area contributed by atoms with Crippen molar-refractivity contribution >= 4 is 11.8 Å². The monoisotopic (exact) mass is 309 g/mol. The number of H-pyrrole nitrogens is 1. The molecular weight excluding hydrogens is 290 g/mol. The van der Waals surface area contributed by atoms with Gasteiger partial charge < -0.3 is 10.7 Å². The Morgan fingerprint density at radius 1 is 0.909 bits per heavy atom. The Balaban J connectivity index is 1.99. The molecule has 0 amide bonds. The van der Waals surface area contributed by atoms with Crippen molar-refractivity contribution in [3.63, 3.8) is 0 Å². The van der Waals surface area contributed by atoms with E-state index in [0.29, 0.717) is 6.54 Å². The van der Waals surface area contributed by atoms with Gasteiger partial charge in [0.1, 0.15) is 0 Å². The van der Waals surface area contributed by atoms with E-state index < -0.39 is 0 Å². The Bertz CT molecular complexity index is 651. The summed E-state index contributed by atoms with van der Waals surface area (Å²) in [7, 11) is 0. The highest BCUT2D eigenvalue weighted by molar-refractivity contribution is 7.99. The summed E-state index contributed by atoms with van der Waals surface area (Å²) in [6.45, 7) is 0.713. The maximum Gasteiger partial charge on any atom is 0.166 e. The number of nitrogens with two attached hydrogens (primary N) is 1. The Kier molecular flexibility index (Phi) is 4.93. The Morgan fingerprint density at radius 3 is 2.18 bits per heavy atom. The van der Waals surface area contributed by atoms with Gasteiger partial charge >= 0.3 is 0 Å². The molecule has 3 rings (SSSR count). The lowest BCUT2D eigenvalue weighted by Gasteiger charge is -2.02. The predicted molar refractivity (Wildman–Crippen MR) is 93.9 cm³/mol. The van der Waals surface area contributed by atoms with Crippen molar-refractivity contribution in [1.82, 2.24) is 9.97 Å². The number of thioether (sulfide) groups is 1. The fourth-order valence-corrected chi connectivity index (χ4v) is 3.13. The molecule has 22 heavy (non-hydrogen) atoms. The van der Waals surface area contributed by atoms with Crippen molar-refractivity contribution in [3.05, 3.63) is 60.7 Å². The van der Waals surface area contributed by atoms with Crippen LogP contribution in [0.5, 0.6) is 0 Å². The number of nitrogens with zero attached hydrogens (tertiary/aromatic N) is 1. The lowest BCUT2D eigenvalue weighted by atomic mass is 10.1. The molecule has 3 nitrogen and oxygen atoms in total. The zero-order valence-corrected chi connectivity index (χ0v) is 13.1. The molecule has 3 aromatic rings. The zero-order valence-electron chi connectivity index (χ0n) is 12.3. The molecule has 0 aliphatic rings. The fourth-order valence-electron chi connectivity index (χ4n) is 2.29. The van der Waals surface area contributed by atoms with Gasteiger partial charge in [-0.25, -0.2) is 4.98 Å². The second kappa shape index (κ2) is 7.29. The number of nitrogens with one attached hydrogen (secondary N) is 1. The standard InChI is InChI=1S/C18H19N3S/c19-12-7-13-22-18-20-16(14-8-3-1-4-9-14)17(21-18)15-10-5-2-6-11-15/h1-6,8-11H,7,12-13,19H2,(H,20,21). The van der Waals surface area contributed by atoms with Crippen molar-refractivity contribution in [1.29, 1.82) is 0 Å². The van der Waals surface area contributed by atoms with E-state index in [1.807, 2.05) is 36.4 Å². The van der Waals surface area contributed by atoms with Gasteiger partial charge in [0, 0.05) is 16.9 Å². The highest BCUT2D eigenvalue weighted by atomic mass is 32.2. The molecular formula is C18H19N3S. The van der Waals surface area contributed by atoms with Gasteiger partial charge in [-0.15, -0.1) is 0 Å². The van der Waals surface area contributed by atoms with E-state index in [-0.39, 0.29) is 0 Å². The number of aromatic nitrogens is 2. The third-order valence-corrected chi connectivity index (χ3v) is 4.34. The molecule has 0 aliphatic heterocycles. The average molecular weight is 309 g/mol. The van der Waals surface area contributed by atoms with Crippen molar-refractivity contribution in [2.45, 2.75) is 11.6 Å². The molecule has 0 spiro atoms. The van der Waals surface area contributed by atoms with Crippen LogP contribution in [0.1, 0.15) is 6.42 Å². The number of benzene rings is 2. The van der Waals surface area contributed by atoms with E-state index in [2.05, 4.69) is 29.2 Å². The molecule has 3 N–H and O–H groups in total. The Labute approximate surface area is 135 Å². The van der Waals surface area contributed by atoms with Crippen molar-refractivity contribution < 1.29 is 0 Å². The van der Waals surface area contributed by atoms with Crippen LogP contribution >= 0.6 is 11.8 Å². The maximum atomic E-state index is 5.57. The molecule has 0 bridgehead atoms. The Morgan fingerprint density at radius 2 is 1.55 bits per heavy atom.